The molecule has 1 aliphatic carbocycles. The van der Waals surface area contributed by atoms with Gasteiger partial charge in [0.05, 0.1) is 6.04 Å². The van der Waals surface area contributed by atoms with Gasteiger partial charge in [-0.25, -0.2) is 5.14 Å². The highest BCUT2D eigenvalue weighted by Crippen LogP contribution is 2.22. The third-order valence-corrected chi connectivity index (χ3v) is 2.97. The fraction of sp³-hybridized carbons (Fsp3) is 1.00. The number of hydrogen-bond donors (Lipinski definition) is 2. The maximum Gasteiger partial charge on any atom is 0.299 e. The molecule has 0 spiro atoms. The summed E-state index contributed by atoms with van der Waals surface area (Å²) in [7, 11) is -3.91. The predicted molar refractivity (Wildman–Crippen MR) is 43.6 cm³/mol. The van der Waals surface area contributed by atoms with Crippen LogP contribution in [0.5, 0.6) is 0 Å². The third kappa shape index (κ3) is 2.41. The Morgan fingerprint density at radius 2 is 1.75 bits per heavy atom. The number of hydrogen-bond acceptors (Lipinski definition) is 3. The van der Waals surface area contributed by atoms with Crippen LogP contribution >= 0.6 is 0 Å². The first kappa shape index (κ1) is 9.91. The van der Waals surface area contributed by atoms with E-state index in [1.807, 2.05) is 0 Å². The van der Waals surface area contributed by atoms with Crippen molar-refractivity contribution in [2.24, 2.45) is 5.14 Å². The highest BCUT2D eigenvalue weighted by Gasteiger charge is 2.26. The van der Waals surface area contributed by atoms with Gasteiger partial charge in [-0.15, -0.1) is 0 Å². The van der Waals surface area contributed by atoms with Crippen LogP contribution in [0.3, 0.4) is 0 Å². The van der Waals surface area contributed by atoms with Crippen molar-refractivity contribution in [2.45, 2.75) is 38.1 Å². The van der Waals surface area contributed by atoms with E-state index >= 15 is 0 Å². The smallest absolute Gasteiger partial charge is 0.298 e. The van der Waals surface area contributed by atoms with Crippen LogP contribution in [0.2, 0.25) is 0 Å². The summed E-state index contributed by atoms with van der Waals surface area (Å²) in [6.45, 7) is 0. The Labute approximate surface area is 72.3 Å². The summed E-state index contributed by atoms with van der Waals surface area (Å²) < 4.78 is 21.7. The highest BCUT2D eigenvalue weighted by molar-refractivity contribution is 7.86. The quantitative estimate of drug-likeness (QED) is 0.616. The van der Waals surface area contributed by atoms with Gasteiger partial charge in [-0.2, -0.15) is 8.42 Å². The van der Waals surface area contributed by atoms with Gasteiger partial charge in [0.15, 0.2) is 0 Å². The molecule has 6 heteroatoms. The van der Waals surface area contributed by atoms with Crippen LogP contribution in [0.1, 0.15) is 32.1 Å². The first-order chi connectivity index (χ1) is 5.52. The lowest BCUT2D eigenvalue weighted by Gasteiger charge is -2.26. The van der Waals surface area contributed by atoms with Crippen molar-refractivity contribution in [3.8, 4) is 0 Å². The van der Waals surface area contributed by atoms with E-state index in [-0.39, 0.29) is 6.04 Å². The van der Waals surface area contributed by atoms with Crippen LogP contribution in [-0.4, -0.2) is 24.1 Å². The molecule has 12 heavy (non-hydrogen) atoms. The molecule has 0 unspecified atom stereocenters. The Bertz CT molecular complexity index is 233. The molecule has 1 fully saturated rings. The molecule has 0 aliphatic heterocycles. The van der Waals surface area contributed by atoms with Crippen LogP contribution in [0, 0.1) is 0 Å². The lowest BCUT2D eigenvalue weighted by Crippen LogP contribution is -2.42. The number of hydroxylamine groups is 1. The minimum absolute atomic E-state index is 0.298. The van der Waals surface area contributed by atoms with Crippen molar-refractivity contribution < 1.29 is 13.6 Å². The Balaban J connectivity index is 2.57. The van der Waals surface area contributed by atoms with E-state index in [1.54, 1.807) is 0 Å². The van der Waals surface area contributed by atoms with E-state index in [0.29, 0.717) is 17.3 Å². The van der Waals surface area contributed by atoms with Crippen LogP contribution in [0.4, 0.5) is 0 Å². The zero-order chi connectivity index (χ0) is 9.19. The molecular weight excluding hydrogens is 180 g/mol. The second kappa shape index (κ2) is 3.69. The second-order valence-electron chi connectivity index (χ2n) is 3.11. The molecule has 5 nitrogen and oxygen atoms in total. The molecule has 0 radical (unpaired) electrons. The molecule has 72 valence electrons. The highest BCUT2D eigenvalue weighted by atomic mass is 32.2. The lowest BCUT2D eigenvalue weighted by molar-refractivity contribution is -0.0467. The van der Waals surface area contributed by atoms with E-state index in [0.717, 1.165) is 19.3 Å². The van der Waals surface area contributed by atoms with E-state index in [2.05, 4.69) is 0 Å². The van der Waals surface area contributed by atoms with Crippen LogP contribution in [-0.2, 0) is 10.2 Å². The van der Waals surface area contributed by atoms with Gasteiger partial charge in [0.2, 0.25) is 0 Å². The van der Waals surface area contributed by atoms with Gasteiger partial charge in [-0.05, 0) is 12.8 Å². The molecule has 1 saturated carbocycles. The molecule has 1 rings (SSSR count). The molecule has 0 amide bonds. The van der Waals surface area contributed by atoms with Crippen molar-refractivity contribution in [3.63, 3.8) is 0 Å². The van der Waals surface area contributed by atoms with Crippen LogP contribution in [0.25, 0.3) is 0 Å². The van der Waals surface area contributed by atoms with Crippen LogP contribution < -0.4 is 5.14 Å². The molecule has 0 atom stereocenters. The van der Waals surface area contributed by atoms with Gasteiger partial charge in [-0.3, -0.25) is 5.21 Å². The average molecular weight is 194 g/mol. The average Bonchev–Trinajstić information content (AvgIpc) is 2.03. The first-order valence-electron chi connectivity index (χ1n) is 4.03. The van der Waals surface area contributed by atoms with E-state index < -0.39 is 10.2 Å². The number of nitrogens with zero attached hydrogens (tertiary/aromatic N) is 1. The molecule has 0 aromatic rings. The molecular formula is C6H14N2O3S. The standard InChI is InChI=1S/C6H14N2O3S/c7-12(10,11)8(9)6-4-2-1-3-5-6/h6,9H,1-5H2,(H2,7,10,11). The molecule has 0 aromatic carbocycles. The zero-order valence-corrected chi connectivity index (χ0v) is 7.63. The summed E-state index contributed by atoms with van der Waals surface area (Å²) >= 11 is 0. The summed E-state index contributed by atoms with van der Waals surface area (Å²) in [4.78, 5) is 0. The Kier molecular flexibility index (Phi) is 3.05. The number of nitrogens with two attached hydrogens (primary N) is 1. The normalized spacial score (nSPS) is 21.6. The minimum atomic E-state index is -3.91. The van der Waals surface area contributed by atoms with Gasteiger partial charge < -0.3 is 0 Å². The number of rotatable bonds is 2. The Hall–Kier alpha value is -0.170. The lowest BCUT2D eigenvalue weighted by atomic mass is 9.96. The van der Waals surface area contributed by atoms with Gasteiger partial charge in [0.25, 0.3) is 10.2 Å². The Morgan fingerprint density at radius 1 is 1.25 bits per heavy atom. The largest absolute Gasteiger partial charge is 0.299 e. The third-order valence-electron chi connectivity index (χ3n) is 2.15. The van der Waals surface area contributed by atoms with Gasteiger partial charge in [0.1, 0.15) is 0 Å². The van der Waals surface area contributed by atoms with Gasteiger partial charge in [-0.1, -0.05) is 23.7 Å². The van der Waals surface area contributed by atoms with E-state index in [1.165, 1.54) is 0 Å². The molecule has 0 aromatic heterocycles. The summed E-state index contributed by atoms with van der Waals surface area (Å²) in [5.41, 5.74) is 0. The molecule has 0 bridgehead atoms. The van der Waals surface area contributed by atoms with Crippen molar-refractivity contribution in [3.05, 3.63) is 0 Å². The molecule has 1 aliphatic rings. The summed E-state index contributed by atoms with van der Waals surface area (Å²) in [6.07, 6.45) is 4.42. The molecule has 0 saturated heterocycles. The molecule has 3 N–H and O–H groups in total. The fourth-order valence-corrected chi connectivity index (χ4v) is 2.14. The summed E-state index contributed by atoms with van der Waals surface area (Å²) in [5.74, 6) is 0. The van der Waals surface area contributed by atoms with E-state index in [4.69, 9.17) is 10.3 Å². The van der Waals surface area contributed by atoms with Crippen molar-refractivity contribution >= 4 is 10.2 Å². The fourth-order valence-electron chi connectivity index (χ4n) is 1.51. The summed E-state index contributed by atoms with van der Waals surface area (Å²) in [6, 6.07) is -0.311. The SMILES string of the molecule is NS(=O)(=O)N(O)C1CCCCC1. The van der Waals surface area contributed by atoms with Crippen molar-refractivity contribution in [1.82, 2.24) is 4.47 Å². The van der Waals surface area contributed by atoms with Crippen molar-refractivity contribution in [1.29, 1.82) is 0 Å². The first-order valence-corrected chi connectivity index (χ1v) is 5.53. The Morgan fingerprint density at radius 3 is 2.17 bits per heavy atom. The van der Waals surface area contributed by atoms with Gasteiger partial charge in [0, 0.05) is 0 Å². The minimum Gasteiger partial charge on any atom is -0.298 e. The second-order valence-corrected chi connectivity index (χ2v) is 4.51. The predicted octanol–water partition coefficient (Wildman–Crippen LogP) is 0.214. The monoisotopic (exact) mass is 194 g/mol. The van der Waals surface area contributed by atoms with Crippen molar-refractivity contribution in [2.75, 3.05) is 0 Å². The maximum atomic E-state index is 10.7. The summed E-state index contributed by atoms with van der Waals surface area (Å²) in [5, 5.41) is 13.9. The van der Waals surface area contributed by atoms with Crippen LogP contribution in [0.15, 0.2) is 0 Å². The van der Waals surface area contributed by atoms with E-state index in [9.17, 15) is 8.42 Å². The molecule has 0 heterocycles. The van der Waals surface area contributed by atoms with Gasteiger partial charge >= 0.3 is 0 Å². The topological polar surface area (TPSA) is 83.6 Å². The zero-order valence-electron chi connectivity index (χ0n) is 6.81. The maximum absolute atomic E-state index is 10.7.